The molecule has 1 aliphatic heterocycles. The maximum atomic E-state index is 14.0. The fourth-order valence-corrected chi connectivity index (χ4v) is 4.55. The zero-order valence-electron chi connectivity index (χ0n) is 15.2. The highest BCUT2D eigenvalue weighted by Crippen LogP contribution is 2.57. The van der Waals surface area contributed by atoms with Crippen molar-refractivity contribution >= 4 is 23.1 Å². The number of hydrogen-bond donors (Lipinski definition) is 2. The second kappa shape index (κ2) is 7.12. The van der Waals surface area contributed by atoms with E-state index in [-0.39, 0.29) is 53.6 Å². The van der Waals surface area contributed by atoms with Gasteiger partial charge in [-0.05, 0) is 23.6 Å². The molecule has 2 unspecified atom stereocenters. The first-order valence-corrected chi connectivity index (χ1v) is 9.62. The van der Waals surface area contributed by atoms with Crippen LogP contribution in [0.1, 0.15) is 17.5 Å². The topological polar surface area (TPSA) is 70.0 Å². The van der Waals surface area contributed by atoms with E-state index in [1.54, 1.807) is 6.07 Å². The number of nitrogens with zero attached hydrogens (tertiary/aromatic N) is 1. The molecule has 0 bridgehead atoms. The van der Waals surface area contributed by atoms with Crippen LogP contribution in [0.5, 0.6) is 0 Å². The molecule has 2 N–H and O–H groups in total. The van der Waals surface area contributed by atoms with Crippen LogP contribution in [0.4, 0.5) is 13.2 Å². The quantitative estimate of drug-likeness (QED) is 0.721. The van der Waals surface area contributed by atoms with Gasteiger partial charge in [0.25, 0.3) is 0 Å². The van der Waals surface area contributed by atoms with E-state index in [4.69, 9.17) is 21.4 Å². The molecule has 1 heterocycles. The molecule has 156 valence electrons. The Morgan fingerprint density at radius 2 is 2.00 bits per heavy atom. The highest BCUT2D eigenvalue weighted by molar-refractivity contribution is 6.28. The largest absolute Gasteiger partial charge is 0.425 e. The first kappa shape index (κ1) is 20.4. The fourth-order valence-electron chi connectivity index (χ4n) is 4.15. The molecule has 3 aliphatic rings. The first-order valence-electron chi connectivity index (χ1n) is 9.18. The Morgan fingerprint density at radius 3 is 2.66 bits per heavy atom. The lowest BCUT2D eigenvalue weighted by Crippen LogP contribution is -2.55. The SMILES string of the molecule is O=C(C1=CC2=C(c3ccccc3C2(O)C(F)(F)F)C(Cl)C1)N1CC(OCCO)C1. The number of alkyl halides is 4. The minimum Gasteiger partial charge on any atom is -0.394 e. The Labute approximate surface area is 170 Å². The van der Waals surface area contributed by atoms with E-state index < -0.39 is 23.1 Å². The van der Waals surface area contributed by atoms with Crippen LogP contribution in [-0.4, -0.2) is 65.0 Å². The van der Waals surface area contributed by atoms with Gasteiger partial charge in [0.15, 0.2) is 0 Å². The summed E-state index contributed by atoms with van der Waals surface area (Å²) in [5, 5.41) is 18.7. The number of hydrogen-bond acceptors (Lipinski definition) is 4. The molecular formula is C20H19ClF3NO4. The third kappa shape index (κ3) is 3.09. The number of benzene rings is 1. The first-order chi connectivity index (χ1) is 13.7. The normalized spacial score (nSPS) is 26.8. The molecule has 0 radical (unpaired) electrons. The molecule has 0 aromatic heterocycles. The molecule has 2 aliphatic carbocycles. The zero-order chi connectivity index (χ0) is 21.0. The van der Waals surface area contributed by atoms with Crippen LogP contribution in [0.2, 0.25) is 0 Å². The van der Waals surface area contributed by atoms with Crippen LogP contribution >= 0.6 is 11.6 Å². The summed E-state index contributed by atoms with van der Waals surface area (Å²) in [6.45, 7) is 0.612. The van der Waals surface area contributed by atoms with E-state index in [0.29, 0.717) is 13.1 Å². The Balaban J connectivity index is 1.67. The Morgan fingerprint density at radius 1 is 1.31 bits per heavy atom. The highest BCUT2D eigenvalue weighted by atomic mass is 35.5. The molecule has 1 amide bonds. The summed E-state index contributed by atoms with van der Waals surface area (Å²) in [5.41, 5.74) is -3.26. The lowest BCUT2D eigenvalue weighted by Gasteiger charge is -2.40. The summed E-state index contributed by atoms with van der Waals surface area (Å²) in [6, 6.07) is 5.76. The number of fused-ring (bicyclic) bond motifs is 2. The molecule has 1 saturated heterocycles. The van der Waals surface area contributed by atoms with E-state index in [0.717, 1.165) is 6.08 Å². The summed E-state index contributed by atoms with van der Waals surface area (Å²) in [7, 11) is 0. The molecule has 1 fully saturated rings. The number of likely N-dealkylation sites (tertiary alicyclic amines) is 1. The minimum atomic E-state index is -4.97. The third-order valence-electron chi connectivity index (χ3n) is 5.58. The molecule has 0 spiro atoms. The van der Waals surface area contributed by atoms with Gasteiger partial charge in [0, 0.05) is 29.8 Å². The molecule has 9 heteroatoms. The molecule has 5 nitrogen and oxygen atoms in total. The minimum absolute atomic E-state index is 0.0696. The van der Waals surface area contributed by atoms with Gasteiger partial charge in [0.1, 0.15) is 0 Å². The summed E-state index contributed by atoms with van der Waals surface area (Å²) in [5.74, 6) is -0.425. The number of halogens is 4. The molecule has 4 rings (SSSR count). The van der Waals surface area contributed by atoms with Crippen molar-refractivity contribution in [2.75, 3.05) is 26.3 Å². The summed E-state index contributed by atoms with van der Waals surface area (Å²) in [6.07, 6.45) is -3.97. The predicted octanol–water partition coefficient (Wildman–Crippen LogP) is 2.36. The van der Waals surface area contributed by atoms with Crippen molar-refractivity contribution in [2.24, 2.45) is 0 Å². The number of allylic oxidation sites excluding steroid dienone is 1. The highest BCUT2D eigenvalue weighted by Gasteiger charge is 2.62. The van der Waals surface area contributed by atoms with Gasteiger partial charge in [0.2, 0.25) is 11.5 Å². The summed E-state index contributed by atoms with van der Waals surface area (Å²) < 4.78 is 47.2. The van der Waals surface area contributed by atoms with Gasteiger partial charge in [-0.3, -0.25) is 4.79 Å². The second-order valence-corrected chi connectivity index (χ2v) is 7.88. The average molecular weight is 430 g/mol. The van der Waals surface area contributed by atoms with Crippen LogP contribution in [0.25, 0.3) is 5.57 Å². The Bertz CT molecular complexity index is 907. The smallest absolute Gasteiger partial charge is 0.394 e. The number of ether oxygens (including phenoxy) is 1. The van der Waals surface area contributed by atoms with Crippen molar-refractivity contribution in [3.63, 3.8) is 0 Å². The van der Waals surface area contributed by atoms with Gasteiger partial charge in [-0.15, -0.1) is 11.6 Å². The van der Waals surface area contributed by atoms with Crippen molar-refractivity contribution in [2.45, 2.75) is 29.7 Å². The van der Waals surface area contributed by atoms with E-state index in [2.05, 4.69) is 0 Å². The van der Waals surface area contributed by atoms with Gasteiger partial charge in [0.05, 0.1) is 24.7 Å². The molecule has 1 aromatic rings. The van der Waals surface area contributed by atoms with Crippen LogP contribution in [0, 0.1) is 0 Å². The van der Waals surface area contributed by atoms with Crippen molar-refractivity contribution in [3.05, 3.63) is 52.6 Å². The lowest BCUT2D eigenvalue weighted by molar-refractivity contribution is -0.247. The number of amides is 1. The van der Waals surface area contributed by atoms with Crippen molar-refractivity contribution in [1.29, 1.82) is 0 Å². The van der Waals surface area contributed by atoms with Gasteiger partial charge in [-0.1, -0.05) is 24.3 Å². The van der Waals surface area contributed by atoms with Crippen LogP contribution in [0.3, 0.4) is 0 Å². The second-order valence-electron chi connectivity index (χ2n) is 7.35. The number of aliphatic hydroxyl groups excluding tert-OH is 1. The summed E-state index contributed by atoms with van der Waals surface area (Å²) in [4.78, 5) is 14.2. The van der Waals surface area contributed by atoms with Crippen LogP contribution < -0.4 is 0 Å². The van der Waals surface area contributed by atoms with Gasteiger partial charge in [-0.2, -0.15) is 13.2 Å². The number of rotatable bonds is 4. The monoisotopic (exact) mass is 429 g/mol. The number of carbonyl (C=O) groups excluding carboxylic acids is 1. The zero-order valence-corrected chi connectivity index (χ0v) is 16.0. The molecule has 29 heavy (non-hydrogen) atoms. The Kier molecular flexibility index (Phi) is 5.01. The van der Waals surface area contributed by atoms with Gasteiger partial charge < -0.3 is 19.8 Å². The van der Waals surface area contributed by atoms with Crippen LogP contribution in [0.15, 0.2) is 41.5 Å². The third-order valence-corrected chi connectivity index (χ3v) is 5.96. The average Bonchev–Trinajstić information content (AvgIpc) is 2.91. The summed E-state index contributed by atoms with van der Waals surface area (Å²) >= 11 is 6.42. The molecular weight excluding hydrogens is 411 g/mol. The maximum absolute atomic E-state index is 14.0. The Hall–Kier alpha value is -1.87. The number of aliphatic hydroxyl groups is 2. The van der Waals surface area contributed by atoms with Gasteiger partial charge in [-0.25, -0.2) is 0 Å². The fraction of sp³-hybridized carbons (Fsp3) is 0.450. The molecule has 2 atom stereocenters. The van der Waals surface area contributed by atoms with E-state index in [1.165, 1.54) is 23.1 Å². The maximum Gasteiger partial charge on any atom is 0.425 e. The molecule has 1 aromatic carbocycles. The van der Waals surface area contributed by atoms with Crippen molar-refractivity contribution in [3.8, 4) is 0 Å². The lowest BCUT2D eigenvalue weighted by atomic mass is 9.84. The van der Waals surface area contributed by atoms with Crippen molar-refractivity contribution in [1.82, 2.24) is 4.90 Å². The van der Waals surface area contributed by atoms with Gasteiger partial charge >= 0.3 is 6.18 Å². The predicted molar refractivity (Wildman–Crippen MR) is 99.1 cm³/mol. The number of carbonyl (C=O) groups is 1. The van der Waals surface area contributed by atoms with E-state index >= 15 is 0 Å². The van der Waals surface area contributed by atoms with E-state index in [1.807, 2.05) is 0 Å². The molecule has 0 saturated carbocycles. The van der Waals surface area contributed by atoms with Crippen LogP contribution in [-0.2, 0) is 15.1 Å². The standard InChI is InChI=1S/C20H19ClF3NO4/c21-16-8-11(18(27)25-9-12(10-25)29-6-5-26)7-15-17(16)13-3-1-2-4-14(13)19(15,28)20(22,23)24/h1-4,7,12,16,26,28H,5-6,8-10H2. The van der Waals surface area contributed by atoms with Crippen molar-refractivity contribution < 1.29 is 32.9 Å². The van der Waals surface area contributed by atoms with E-state index in [9.17, 15) is 23.1 Å².